The standard InChI is InChI=1S/C22H29NO4/c1-15-5-2-3-8-19(15)23-21(25)14-27-22(26)12-11-20(24)18-10-9-16-6-4-7-17(16)13-18/h9-10,13,15,19H,2-8,11-12,14H2,1H3,(H,23,25)/t15-,19-/m0/s1. The average Bonchev–Trinajstić information content (AvgIpc) is 3.14. The molecule has 2 aliphatic carbocycles. The molecule has 146 valence electrons. The summed E-state index contributed by atoms with van der Waals surface area (Å²) in [6.45, 7) is 1.87. The van der Waals surface area contributed by atoms with E-state index in [1.807, 2.05) is 18.2 Å². The molecule has 1 aromatic rings. The second kappa shape index (κ2) is 9.16. The van der Waals surface area contributed by atoms with Gasteiger partial charge < -0.3 is 10.1 Å². The van der Waals surface area contributed by atoms with Gasteiger partial charge in [-0.05, 0) is 55.2 Å². The predicted octanol–water partition coefficient (Wildman–Crippen LogP) is 3.38. The molecule has 0 aliphatic heterocycles. The SMILES string of the molecule is C[C@H]1CCCC[C@@H]1NC(=O)COC(=O)CCC(=O)c1ccc2c(c1)CCC2. The second-order valence-electron chi connectivity index (χ2n) is 7.86. The lowest BCUT2D eigenvalue weighted by atomic mass is 9.86. The van der Waals surface area contributed by atoms with Gasteiger partial charge in [0.25, 0.3) is 5.91 Å². The molecule has 0 radical (unpaired) electrons. The van der Waals surface area contributed by atoms with Crippen LogP contribution >= 0.6 is 0 Å². The predicted molar refractivity (Wildman–Crippen MR) is 103 cm³/mol. The van der Waals surface area contributed by atoms with E-state index in [2.05, 4.69) is 12.2 Å². The third-order valence-corrected chi connectivity index (χ3v) is 5.80. The van der Waals surface area contributed by atoms with Crippen LogP contribution in [-0.4, -0.2) is 30.3 Å². The molecule has 27 heavy (non-hydrogen) atoms. The van der Waals surface area contributed by atoms with Crippen molar-refractivity contribution in [3.8, 4) is 0 Å². The van der Waals surface area contributed by atoms with E-state index >= 15 is 0 Å². The molecule has 5 heteroatoms. The molecule has 2 aliphatic rings. The number of carbonyl (C=O) groups excluding carboxylic acids is 3. The van der Waals surface area contributed by atoms with Gasteiger partial charge in [-0.3, -0.25) is 14.4 Å². The number of carbonyl (C=O) groups is 3. The first-order valence-corrected chi connectivity index (χ1v) is 10.1. The van der Waals surface area contributed by atoms with Crippen LogP contribution in [0.2, 0.25) is 0 Å². The van der Waals surface area contributed by atoms with Gasteiger partial charge in [-0.1, -0.05) is 31.9 Å². The van der Waals surface area contributed by atoms with E-state index in [1.54, 1.807) is 0 Å². The fourth-order valence-electron chi connectivity index (χ4n) is 4.10. The van der Waals surface area contributed by atoms with Crippen LogP contribution in [0.15, 0.2) is 18.2 Å². The summed E-state index contributed by atoms with van der Waals surface area (Å²) in [6.07, 6.45) is 7.79. The van der Waals surface area contributed by atoms with Crippen LogP contribution in [0.5, 0.6) is 0 Å². The number of nitrogens with one attached hydrogen (secondary N) is 1. The van der Waals surface area contributed by atoms with Crippen molar-refractivity contribution in [1.29, 1.82) is 0 Å². The zero-order valence-corrected chi connectivity index (χ0v) is 16.1. The van der Waals surface area contributed by atoms with Crippen molar-refractivity contribution < 1.29 is 19.1 Å². The lowest BCUT2D eigenvalue weighted by Crippen LogP contribution is -2.42. The Balaban J connectivity index is 1.38. The van der Waals surface area contributed by atoms with Crippen LogP contribution in [0.4, 0.5) is 0 Å². The molecule has 1 saturated carbocycles. The Labute approximate surface area is 160 Å². The molecule has 1 N–H and O–H groups in total. The summed E-state index contributed by atoms with van der Waals surface area (Å²) in [5, 5.41) is 2.96. The maximum atomic E-state index is 12.3. The summed E-state index contributed by atoms with van der Waals surface area (Å²) in [4.78, 5) is 36.1. The van der Waals surface area contributed by atoms with Gasteiger partial charge in [0.15, 0.2) is 12.4 Å². The third kappa shape index (κ3) is 5.41. The topological polar surface area (TPSA) is 72.5 Å². The largest absolute Gasteiger partial charge is 0.456 e. The number of benzene rings is 1. The quantitative estimate of drug-likeness (QED) is 0.589. The fourth-order valence-corrected chi connectivity index (χ4v) is 4.10. The first-order chi connectivity index (χ1) is 13.0. The van der Waals surface area contributed by atoms with E-state index in [0.717, 1.165) is 38.5 Å². The molecule has 0 heterocycles. The van der Waals surface area contributed by atoms with E-state index in [9.17, 15) is 14.4 Å². The van der Waals surface area contributed by atoms with Crippen LogP contribution in [0.25, 0.3) is 0 Å². The molecule has 0 bridgehead atoms. The number of hydrogen-bond acceptors (Lipinski definition) is 4. The van der Waals surface area contributed by atoms with Crippen LogP contribution in [-0.2, 0) is 27.2 Å². The summed E-state index contributed by atoms with van der Waals surface area (Å²) in [7, 11) is 0. The van der Waals surface area contributed by atoms with Crippen LogP contribution < -0.4 is 5.32 Å². The zero-order valence-electron chi connectivity index (χ0n) is 16.1. The lowest BCUT2D eigenvalue weighted by molar-refractivity contribution is -0.148. The highest BCUT2D eigenvalue weighted by atomic mass is 16.5. The highest BCUT2D eigenvalue weighted by molar-refractivity contribution is 5.98. The summed E-state index contributed by atoms with van der Waals surface area (Å²) in [5.41, 5.74) is 3.23. The van der Waals surface area contributed by atoms with E-state index in [4.69, 9.17) is 4.74 Å². The first kappa shape index (κ1) is 19.6. The van der Waals surface area contributed by atoms with Gasteiger partial charge in [0.05, 0.1) is 6.42 Å². The number of ketones is 1. The number of amides is 1. The number of ether oxygens (including phenoxy) is 1. The number of fused-ring (bicyclic) bond motifs is 1. The van der Waals surface area contributed by atoms with Crippen molar-refractivity contribution in [3.63, 3.8) is 0 Å². The zero-order chi connectivity index (χ0) is 19.2. The van der Waals surface area contributed by atoms with Crippen molar-refractivity contribution >= 4 is 17.7 Å². The van der Waals surface area contributed by atoms with Crippen molar-refractivity contribution in [3.05, 3.63) is 34.9 Å². The summed E-state index contributed by atoms with van der Waals surface area (Å²) in [5.74, 6) is -0.353. The van der Waals surface area contributed by atoms with Gasteiger partial charge in [0.1, 0.15) is 0 Å². The maximum absolute atomic E-state index is 12.3. The number of esters is 1. The normalized spacial score (nSPS) is 21.4. The number of rotatable bonds is 7. The third-order valence-electron chi connectivity index (χ3n) is 5.80. The molecular weight excluding hydrogens is 342 g/mol. The molecule has 1 aromatic carbocycles. The molecule has 1 fully saturated rings. The van der Waals surface area contributed by atoms with Crippen LogP contribution in [0, 0.1) is 5.92 Å². The Bertz CT molecular complexity index is 712. The lowest BCUT2D eigenvalue weighted by Gasteiger charge is -2.29. The molecule has 1 amide bonds. The van der Waals surface area contributed by atoms with Gasteiger partial charge in [-0.2, -0.15) is 0 Å². The monoisotopic (exact) mass is 371 g/mol. The van der Waals surface area contributed by atoms with Crippen molar-refractivity contribution in [2.45, 2.75) is 70.8 Å². The first-order valence-electron chi connectivity index (χ1n) is 10.1. The number of hydrogen-bond donors (Lipinski definition) is 1. The molecule has 0 spiro atoms. The molecule has 2 atom stereocenters. The second-order valence-corrected chi connectivity index (χ2v) is 7.86. The molecule has 0 aromatic heterocycles. The maximum Gasteiger partial charge on any atom is 0.306 e. The minimum Gasteiger partial charge on any atom is -0.456 e. The highest BCUT2D eigenvalue weighted by Gasteiger charge is 2.23. The summed E-state index contributed by atoms with van der Waals surface area (Å²) >= 11 is 0. The number of Topliss-reactive ketones (excluding diaryl/α,β-unsaturated/α-hetero) is 1. The van der Waals surface area contributed by atoms with Crippen LogP contribution in [0.1, 0.15) is 73.4 Å². The van der Waals surface area contributed by atoms with Gasteiger partial charge in [0, 0.05) is 18.0 Å². The Kier molecular flexibility index (Phi) is 6.64. The number of aryl methyl sites for hydroxylation is 2. The Morgan fingerprint density at radius 3 is 2.63 bits per heavy atom. The van der Waals surface area contributed by atoms with E-state index < -0.39 is 5.97 Å². The molecular formula is C22H29NO4. The van der Waals surface area contributed by atoms with E-state index in [-0.39, 0.29) is 37.2 Å². The molecule has 0 saturated heterocycles. The minimum absolute atomic E-state index is 0.00301. The Morgan fingerprint density at radius 1 is 1.04 bits per heavy atom. The highest BCUT2D eigenvalue weighted by Crippen LogP contribution is 2.24. The summed E-state index contributed by atoms with van der Waals surface area (Å²) in [6, 6.07) is 5.99. The molecule has 3 rings (SSSR count). The molecule has 0 unspecified atom stereocenters. The van der Waals surface area contributed by atoms with Crippen LogP contribution in [0.3, 0.4) is 0 Å². The van der Waals surface area contributed by atoms with Crippen molar-refractivity contribution in [2.75, 3.05) is 6.61 Å². The average molecular weight is 371 g/mol. The van der Waals surface area contributed by atoms with Gasteiger partial charge in [-0.25, -0.2) is 0 Å². The summed E-state index contributed by atoms with van der Waals surface area (Å²) < 4.78 is 5.04. The molecule has 5 nitrogen and oxygen atoms in total. The Hall–Kier alpha value is -2.17. The Morgan fingerprint density at radius 2 is 1.81 bits per heavy atom. The fraction of sp³-hybridized carbons (Fsp3) is 0.591. The smallest absolute Gasteiger partial charge is 0.306 e. The van der Waals surface area contributed by atoms with E-state index in [1.165, 1.54) is 17.5 Å². The van der Waals surface area contributed by atoms with Gasteiger partial charge in [-0.15, -0.1) is 0 Å². The minimum atomic E-state index is -0.503. The van der Waals surface area contributed by atoms with Crippen molar-refractivity contribution in [1.82, 2.24) is 5.32 Å². The van der Waals surface area contributed by atoms with Gasteiger partial charge >= 0.3 is 5.97 Å². The van der Waals surface area contributed by atoms with Gasteiger partial charge in [0.2, 0.25) is 0 Å². The van der Waals surface area contributed by atoms with Crippen molar-refractivity contribution in [2.24, 2.45) is 5.92 Å². The van der Waals surface area contributed by atoms with E-state index in [0.29, 0.717) is 11.5 Å².